The predicted octanol–water partition coefficient (Wildman–Crippen LogP) is 6.43. The Hall–Kier alpha value is -3.01. The Balaban J connectivity index is 1.55. The second-order valence-corrected chi connectivity index (χ2v) is 9.35. The molecule has 8 nitrogen and oxygen atoms in total. The number of hydrogen-bond donors (Lipinski definition) is 1. The standard InChI is InChI=1S/C25H24BrClN6O2/c1-3-4-9-21-28-24(27)20(14-34-2)33(21)13-15-10-11-17-19(12-15)23(26)35-22(17)16-7-5-6-8-18(16)25-29-31-32-30-25/h5-8,10-12H,3-4,9,13-14H2,1-2H3,(H,29,30,31,32). The van der Waals surface area contributed by atoms with Crippen molar-refractivity contribution in [2.75, 3.05) is 7.11 Å². The fourth-order valence-corrected chi connectivity index (χ4v) is 5.03. The SMILES string of the molecule is CCCCc1nc(Cl)c(COC)n1Cc1ccc2c(-c3ccccc3-c3nnn[nH]3)oc(Br)c2c1. The number of furan rings is 1. The molecule has 3 heterocycles. The molecule has 35 heavy (non-hydrogen) atoms. The number of H-pyrrole nitrogens is 1. The van der Waals surface area contributed by atoms with Crippen molar-refractivity contribution >= 4 is 38.3 Å². The highest BCUT2D eigenvalue weighted by Crippen LogP contribution is 2.40. The summed E-state index contributed by atoms with van der Waals surface area (Å²) >= 11 is 10.1. The Kier molecular flexibility index (Phi) is 6.99. The van der Waals surface area contributed by atoms with Crippen LogP contribution in [0.2, 0.25) is 5.15 Å². The summed E-state index contributed by atoms with van der Waals surface area (Å²) in [5.74, 6) is 2.31. The maximum atomic E-state index is 6.47. The first kappa shape index (κ1) is 23.7. The van der Waals surface area contributed by atoms with Crippen LogP contribution in [0.15, 0.2) is 51.6 Å². The highest BCUT2D eigenvalue weighted by Gasteiger charge is 2.20. The van der Waals surface area contributed by atoms with Crippen molar-refractivity contribution < 1.29 is 9.15 Å². The number of methoxy groups -OCH3 is 1. The Morgan fingerprint density at radius 3 is 2.71 bits per heavy atom. The molecule has 0 amide bonds. The molecule has 3 aromatic heterocycles. The van der Waals surface area contributed by atoms with Gasteiger partial charge < -0.3 is 13.7 Å². The van der Waals surface area contributed by atoms with E-state index in [9.17, 15) is 0 Å². The van der Waals surface area contributed by atoms with Crippen LogP contribution in [-0.4, -0.2) is 37.3 Å². The number of tetrazole rings is 1. The molecular weight excluding hydrogens is 532 g/mol. The third kappa shape index (κ3) is 4.63. The topological polar surface area (TPSA) is 94.6 Å². The van der Waals surface area contributed by atoms with Gasteiger partial charge in [-0.2, -0.15) is 0 Å². The number of imidazole rings is 1. The van der Waals surface area contributed by atoms with Crippen LogP contribution in [0.1, 0.15) is 36.8 Å². The fourth-order valence-electron chi connectivity index (χ4n) is 4.29. The first-order chi connectivity index (χ1) is 17.1. The molecule has 0 aliphatic heterocycles. The maximum Gasteiger partial charge on any atom is 0.180 e. The van der Waals surface area contributed by atoms with Gasteiger partial charge in [-0.3, -0.25) is 0 Å². The highest BCUT2D eigenvalue weighted by molar-refractivity contribution is 9.10. The molecule has 0 fully saturated rings. The molecule has 5 rings (SSSR count). The van der Waals surface area contributed by atoms with Crippen molar-refractivity contribution in [2.45, 2.75) is 39.3 Å². The van der Waals surface area contributed by atoms with E-state index in [0.29, 0.717) is 28.8 Å². The summed E-state index contributed by atoms with van der Waals surface area (Å²) in [7, 11) is 1.67. The lowest BCUT2D eigenvalue weighted by Crippen LogP contribution is -2.09. The Bertz CT molecular complexity index is 1460. The minimum atomic E-state index is 0.410. The van der Waals surface area contributed by atoms with E-state index in [-0.39, 0.29) is 0 Å². The minimum Gasteiger partial charge on any atom is -0.448 e. The largest absolute Gasteiger partial charge is 0.448 e. The van der Waals surface area contributed by atoms with E-state index in [1.54, 1.807) is 7.11 Å². The average molecular weight is 556 g/mol. The van der Waals surface area contributed by atoms with Crippen molar-refractivity contribution in [3.05, 3.63) is 69.4 Å². The number of aromatic nitrogens is 6. The molecule has 0 saturated heterocycles. The van der Waals surface area contributed by atoms with Gasteiger partial charge in [0.25, 0.3) is 0 Å². The van der Waals surface area contributed by atoms with Gasteiger partial charge in [-0.1, -0.05) is 61.3 Å². The van der Waals surface area contributed by atoms with Gasteiger partial charge in [0.2, 0.25) is 0 Å². The number of unbranched alkanes of at least 4 members (excludes halogenated alkanes) is 1. The van der Waals surface area contributed by atoms with Crippen LogP contribution < -0.4 is 0 Å². The molecule has 2 aromatic carbocycles. The summed E-state index contributed by atoms with van der Waals surface area (Å²) in [5, 5.41) is 16.8. The van der Waals surface area contributed by atoms with E-state index in [4.69, 9.17) is 20.8 Å². The molecule has 1 N–H and O–H groups in total. The van der Waals surface area contributed by atoms with Crippen LogP contribution >= 0.6 is 27.5 Å². The molecule has 180 valence electrons. The Morgan fingerprint density at radius 1 is 1.14 bits per heavy atom. The second-order valence-electron chi connectivity index (χ2n) is 8.27. The lowest BCUT2D eigenvalue weighted by Gasteiger charge is -2.12. The number of rotatable bonds is 9. The van der Waals surface area contributed by atoms with Crippen molar-refractivity contribution in [3.8, 4) is 22.7 Å². The molecule has 0 atom stereocenters. The molecular formula is C25H24BrClN6O2. The molecule has 0 saturated carbocycles. The Labute approximate surface area is 215 Å². The van der Waals surface area contributed by atoms with Crippen molar-refractivity contribution in [3.63, 3.8) is 0 Å². The van der Waals surface area contributed by atoms with Gasteiger partial charge in [0.15, 0.2) is 15.6 Å². The van der Waals surface area contributed by atoms with Crippen LogP contribution in [0, 0.1) is 0 Å². The van der Waals surface area contributed by atoms with Crippen molar-refractivity contribution in [1.82, 2.24) is 30.2 Å². The average Bonchev–Trinajstić information content (AvgIpc) is 3.58. The predicted molar refractivity (Wildman–Crippen MR) is 138 cm³/mol. The number of aryl methyl sites for hydroxylation is 1. The highest BCUT2D eigenvalue weighted by atomic mass is 79.9. The number of nitrogens with one attached hydrogen (secondary N) is 1. The van der Waals surface area contributed by atoms with Gasteiger partial charge in [-0.25, -0.2) is 10.1 Å². The zero-order chi connectivity index (χ0) is 24.4. The molecule has 10 heteroatoms. The minimum absolute atomic E-state index is 0.410. The van der Waals surface area contributed by atoms with Gasteiger partial charge in [0.05, 0.1) is 12.3 Å². The van der Waals surface area contributed by atoms with Gasteiger partial charge in [0, 0.05) is 42.0 Å². The molecule has 5 aromatic rings. The summed E-state index contributed by atoms with van der Waals surface area (Å²) in [6.07, 6.45) is 3.01. The van der Waals surface area contributed by atoms with Crippen molar-refractivity contribution in [1.29, 1.82) is 0 Å². The summed E-state index contributed by atoms with van der Waals surface area (Å²) in [5.41, 5.74) is 3.77. The zero-order valence-electron chi connectivity index (χ0n) is 19.4. The Morgan fingerprint density at radius 2 is 1.97 bits per heavy atom. The normalized spacial score (nSPS) is 11.5. The second kappa shape index (κ2) is 10.3. The number of ether oxygens (including phenoxy) is 1. The van der Waals surface area contributed by atoms with E-state index >= 15 is 0 Å². The van der Waals surface area contributed by atoms with Gasteiger partial charge in [0.1, 0.15) is 11.6 Å². The smallest absolute Gasteiger partial charge is 0.180 e. The van der Waals surface area contributed by atoms with Gasteiger partial charge in [-0.05, 0) is 44.4 Å². The van der Waals surface area contributed by atoms with E-state index in [1.807, 2.05) is 24.3 Å². The molecule has 0 bridgehead atoms. The molecule has 0 aliphatic carbocycles. The van der Waals surface area contributed by atoms with Gasteiger partial charge in [-0.15, -0.1) is 5.10 Å². The van der Waals surface area contributed by atoms with Crippen LogP contribution in [-0.2, 0) is 24.3 Å². The van der Waals surface area contributed by atoms with Crippen LogP contribution in [0.25, 0.3) is 33.5 Å². The third-order valence-corrected chi connectivity index (χ3v) is 6.87. The summed E-state index contributed by atoms with van der Waals surface area (Å²) in [6.45, 7) is 3.22. The molecule has 0 radical (unpaired) electrons. The van der Waals surface area contributed by atoms with Crippen LogP contribution in [0.4, 0.5) is 0 Å². The van der Waals surface area contributed by atoms with Crippen molar-refractivity contribution in [2.24, 2.45) is 0 Å². The molecule has 0 unspecified atom stereocenters. The monoisotopic (exact) mass is 554 g/mol. The number of hydrogen-bond acceptors (Lipinski definition) is 6. The van der Waals surface area contributed by atoms with E-state index in [1.165, 1.54) is 0 Å². The number of halogens is 2. The number of benzene rings is 2. The van der Waals surface area contributed by atoms with Crippen LogP contribution in [0.3, 0.4) is 0 Å². The van der Waals surface area contributed by atoms with E-state index < -0.39 is 0 Å². The quantitative estimate of drug-likeness (QED) is 0.225. The summed E-state index contributed by atoms with van der Waals surface area (Å²) < 4.78 is 14.5. The summed E-state index contributed by atoms with van der Waals surface area (Å²) in [6, 6.07) is 14.2. The first-order valence-corrected chi connectivity index (χ1v) is 12.5. The van der Waals surface area contributed by atoms with E-state index in [2.05, 4.69) is 71.2 Å². The lowest BCUT2D eigenvalue weighted by molar-refractivity contribution is 0.178. The first-order valence-electron chi connectivity index (χ1n) is 11.4. The van der Waals surface area contributed by atoms with Gasteiger partial charge >= 0.3 is 0 Å². The molecule has 0 aliphatic rings. The number of aromatic amines is 1. The lowest BCUT2D eigenvalue weighted by atomic mass is 10.0. The maximum absolute atomic E-state index is 6.47. The number of fused-ring (bicyclic) bond motifs is 1. The van der Waals surface area contributed by atoms with E-state index in [0.717, 1.165) is 64.0 Å². The fraction of sp³-hybridized carbons (Fsp3) is 0.280. The summed E-state index contributed by atoms with van der Waals surface area (Å²) in [4.78, 5) is 4.62. The molecule has 0 spiro atoms. The van der Waals surface area contributed by atoms with Crippen LogP contribution in [0.5, 0.6) is 0 Å². The third-order valence-electron chi connectivity index (χ3n) is 5.98. The number of nitrogens with zero attached hydrogens (tertiary/aromatic N) is 5. The zero-order valence-corrected chi connectivity index (χ0v) is 21.7.